The number of ether oxygens (including phenoxy) is 1. The van der Waals surface area contributed by atoms with Crippen LogP contribution in [0.5, 0.6) is 0 Å². The van der Waals surface area contributed by atoms with Crippen LogP contribution in [-0.2, 0) is 19.6 Å². The number of para-hydroxylation sites is 2. The lowest BCUT2D eigenvalue weighted by molar-refractivity contribution is -0.117. The van der Waals surface area contributed by atoms with E-state index in [0.717, 1.165) is 16.6 Å². The third-order valence-corrected chi connectivity index (χ3v) is 5.18. The maximum absolute atomic E-state index is 14.3. The van der Waals surface area contributed by atoms with Crippen LogP contribution in [-0.4, -0.2) is 39.7 Å². The molecule has 2 aromatic rings. The number of methoxy groups -OCH3 is 1. The van der Waals surface area contributed by atoms with E-state index in [9.17, 15) is 22.4 Å². The fourth-order valence-electron chi connectivity index (χ4n) is 2.76. The Morgan fingerprint density at radius 3 is 2.32 bits per heavy atom. The molecule has 0 saturated heterocycles. The van der Waals surface area contributed by atoms with Gasteiger partial charge in [-0.25, -0.2) is 17.6 Å². The molecule has 1 atom stereocenters. The summed E-state index contributed by atoms with van der Waals surface area (Å²) in [5.41, 5.74) is 0.0537. The van der Waals surface area contributed by atoms with Crippen LogP contribution < -0.4 is 9.62 Å². The van der Waals surface area contributed by atoms with Crippen LogP contribution in [0.15, 0.2) is 48.5 Å². The molecule has 9 heteroatoms. The number of rotatable bonds is 7. The molecule has 0 aliphatic heterocycles. The maximum Gasteiger partial charge on any atom is 0.339 e. The standard InChI is InChI=1S/C19H21FN2O5S/c1-4-16(22(28(3,25)26)17-12-8-6-10-14(17)20)18(23)21-15-11-7-5-9-13(15)19(24)27-2/h5-12,16H,4H2,1-3H3,(H,21,23)/t16-/m0/s1. The van der Waals surface area contributed by atoms with E-state index in [1.165, 1.54) is 37.4 Å². The predicted molar refractivity (Wildman–Crippen MR) is 104 cm³/mol. The molecule has 7 nitrogen and oxygen atoms in total. The Bertz CT molecular complexity index is 978. The zero-order chi connectivity index (χ0) is 20.9. The first-order chi connectivity index (χ1) is 13.2. The van der Waals surface area contributed by atoms with E-state index >= 15 is 0 Å². The summed E-state index contributed by atoms with van der Waals surface area (Å²) in [6, 6.07) is 10.2. The van der Waals surface area contributed by atoms with E-state index in [0.29, 0.717) is 0 Å². The van der Waals surface area contributed by atoms with Crippen molar-refractivity contribution in [2.75, 3.05) is 23.0 Å². The zero-order valence-corrected chi connectivity index (χ0v) is 16.5. The Morgan fingerprint density at radius 2 is 1.75 bits per heavy atom. The largest absolute Gasteiger partial charge is 0.465 e. The normalized spacial score (nSPS) is 12.1. The average Bonchev–Trinajstić information content (AvgIpc) is 2.65. The number of benzene rings is 2. The zero-order valence-electron chi connectivity index (χ0n) is 15.7. The monoisotopic (exact) mass is 408 g/mol. The van der Waals surface area contributed by atoms with Gasteiger partial charge in [0, 0.05) is 0 Å². The number of halogens is 1. The number of nitrogens with zero attached hydrogens (tertiary/aromatic N) is 1. The molecule has 28 heavy (non-hydrogen) atoms. The maximum atomic E-state index is 14.3. The first-order valence-electron chi connectivity index (χ1n) is 8.42. The summed E-state index contributed by atoms with van der Waals surface area (Å²) in [6.45, 7) is 1.61. The van der Waals surface area contributed by atoms with Crippen molar-refractivity contribution in [3.8, 4) is 0 Å². The van der Waals surface area contributed by atoms with Gasteiger partial charge in [0.2, 0.25) is 15.9 Å². The van der Waals surface area contributed by atoms with E-state index in [1.807, 2.05) is 0 Å². The van der Waals surface area contributed by atoms with Crippen molar-refractivity contribution in [2.24, 2.45) is 0 Å². The van der Waals surface area contributed by atoms with Gasteiger partial charge in [-0.15, -0.1) is 0 Å². The summed E-state index contributed by atoms with van der Waals surface area (Å²) in [5.74, 6) is -2.13. The minimum Gasteiger partial charge on any atom is -0.465 e. The van der Waals surface area contributed by atoms with Crippen LogP contribution >= 0.6 is 0 Å². The van der Waals surface area contributed by atoms with Crippen molar-refractivity contribution in [3.05, 3.63) is 59.9 Å². The Kier molecular flexibility index (Phi) is 6.74. The van der Waals surface area contributed by atoms with Gasteiger partial charge in [-0.3, -0.25) is 9.10 Å². The summed E-state index contributed by atoms with van der Waals surface area (Å²) >= 11 is 0. The topological polar surface area (TPSA) is 92.8 Å². The molecule has 150 valence electrons. The highest BCUT2D eigenvalue weighted by molar-refractivity contribution is 7.92. The Labute approximate surface area is 163 Å². The van der Waals surface area contributed by atoms with E-state index in [4.69, 9.17) is 0 Å². The molecule has 2 aromatic carbocycles. The smallest absolute Gasteiger partial charge is 0.339 e. The van der Waals surface area contributed by atoms with E-state index in [1.54, 1.807) is 19.1 Å². The van der Waals surface area contributed by atoms with Gasteiger partial charge in [0.1, 0.15) is 11.9 Å². The van der Waals surface area contributed by atoms with Crippen LogP contribution in [0.25, 0.3) is 0 Å². The summed E-state index contributed by atoms with van der Waals surface area (Å²) < 4.78 is 44.4. The third kappa shape index (κ3) is 4.66. The van der Waals surface area contributed by atoms with Gasteiger partial charge in [0.05, 0.1) is 30.3 Å². The van der Waals surface area contributed by atoms with Gasteiger partial charge in [-0.05, 0) is 30.7 Å². The second-order valence-corrected chi connectivity index (χ2v) is 7.82. The van der Waals surface area contributed by atoms with E-state index in [2.05, 4.69) is 10.1 Å². The molecular formula is C19H21FN2O5S. The molecule has 0 spiro atoms. The molecule has 0 fully saturated rings. The van der Waals surface area contributed by atoms with Crippen LogP contribution in [0, 0.1) is 5.82 Å². The minimum atomic E-state index is -3.98. The number of hydrogen-bond donors (Lipinski definition) is 1. The fraction of sp³-hybridized carbons (Fsp3) is 0.263. The van der Waals surface area contributed by atoms with Gasteiger partial charge in [0.25, 0.3) is 0 Å². The predicted octanol–water partition coefficient (Wildman–Crippen LogP) is 2.80. The number of esters is 1. The molecule has 2 rings (SSSR count). The summed E-state index contributed by atoms with van der Waals surface area (Å²) in [6.07, 6.45) is 0.978. The van der Waals surface area contributed by atoms with Crippen molar-refractivity contribution in [1.82, 2.24) is 0 Å². The Morgan fingerprint density at radius 1 is 1.14 bits per heavy atom. The molecule has 0 heterocycles. The van der Waals surface area contributed by atoms with Crippen LogP contribution in [0.3, 0.4) is 0 Å². The van der Waals surface area contributed by atoms with Gasteiger partial charge in [-0.1, -0.05) is 31.2 Å². The first kappa shape index (κ1) is 21.4. The quantitative estimate of drug-likeness (QED) is 0.711. The third-order valence-electron chi connectivity index (χ3n) is 4.01. The molecular weight excluding hydrogens is 387 g/mol. The van der Waals surface area contributed by atoms with Crippen LogP contribution in [0.1, 0.15) is 23.7 Å². The first-order valence-corrected chi connectivity index (χ1v) is 10.3. The van der Waals surface area contributed by atoms with Crippen molar-refractivity contribution in [2.45, 2.75) is 19.4 Å². The Hall–Kier alpha value is -2.94. The van der Waals surface area contributed by atoms with E-state index < -0.39 is 33.8 Å². The molecule has 1 N–H and O–H groups in total. The lowest BCUT2D eigenvalue weighted by Crippen LogP contribution is -2.47. The molecule has 0 saturated carbocycles. The van der Waals surface area contributed by atoms with Crippen molar-refractivity contribution in [1.29, 1.82) is 0 Å². The molecule has 0 bridgehead atoms. The van der Waals surface area contributed by atoms with Gasteiger partial charge in [0.15, 0.2) is 0 Å². The molecule has 0 aliphatic carbocycles. The number of hydrogen-bond acceptors (Lipinski definition) is 5. The van der Waals surface area contributed by atoms with Crippen molar-refractivity contribution >= 4 is 33.3 Å². The second kappa shape index (κ2) is 8.83. The molecule has 1 amide bonds. The SMILES string of the molecule is CC[C@@H](C(=O)Nc1ccccc1C(=O)OC)N(c1ccccc1F)S(C)(=O)=O. The molecule has 0 radical (unpaired) electrons. The molecule has 0 aromatic heterocycles. The average molecular weight is 408 g/mol. The highest BCUT2D eigenvalue weighted by atomic mass is 32.2. The number of amides is 1. The summed E-state index contributed by atoms with van der Waals surface area (Å²) in [4.78, 5) is 24.8. The Balaban J connectivity index is 2.44. The molecule has 0 unspecified atom stereocenters. The van der Waals surface area contributed by atoms with Crippen molar-refractivity contribution < 1.29 is 27.1 Å². The van der Waals surface area contributed by atoms with Gasteiger partial charge >= 0.3 is 5.97 Å². The minimum absolute atomic E-state index is 0.0770. The number of sulfonamides is 1. The highest BCUT2D eigenvalue weighted by Gasteiger charge is 2.33. The number of anilines is 2. The van der Waals surface area contributed by atoms with Crippen molar-refractivity contribution in [3.63, 3.8) is 0 Å². The van der Waals surface area contributed by atoms with Gasteiger partial charge in [-0.2, -0.15) is 0 Å². The number of nitrogens with one attached hydrogen (secondary N) is 1. The lowest BCUT2D eigenvalue weighted by atomic mass is 10.1. The summed E-state index contributed by atoms with van der Waals surface area (Å²) in [7, 11) is -2.77. The number of carbonyl (C=O) groups excluding carboxylic acids is 2. The fourth-order valence-corrected chi connectivity index (χ4v) is 3.97. The van der Waals surface area contributed by atoms with Crippen LogP contribution in [0.2, 0.25) is 0 Å². The molecule has 0 aliphatic rings. The highest BCUT2D eigenvalue weighted by Crippen LogP contribution is 2.26. The van der Waals surface area contributed by atoms with Crippen LogP contribution in [0.4, 0.5) is 15.8 Å². The second-order valence-electron chi connectivity index (χ2n) is 5.96. The number of carbonyl (C=O) groups is 2. The summed E-state index contributed by atoms with van der Waals surface area (Å²) in [5, 5.41) is 2.55. The lowest BCUT2D eigenvalue weighted by Gasteiger charge is -2.30. The van der Waals surface area contributed by atoms with E-state index in [-0.39, 0.29) is 23.4 Å². The van der Waals surface area contributed by atoms with Gasteiger partial charge < -0.3 is 10.1 Å².